The lowest BCUT2D eigenvalue weighted by molar-refractivity contribution is 0.0831. The molecule has 1 fully saturated rings. The Morgan fingerprint density at radius 1 is 1.60 bits per heavy atom. The van der Waals surface area contributed by atoms with Crippen molar-refractivity contribution in [2.45, 2.75) is 38.8 Å². The highest BCUT2D eigenvalue weighted by Crippen LogP contribution is 2.06. The number of hydrogen-bond donors (Lipinski definition) is 1. The summed E-state index contributed by atoms with van der Waals surface area (Å²) in [5.41, 5.74) is 0. The van der Waals surface area contributed by atoms with Crippen molar-refractivity contribution in [3.05, 3.63) is 11.7 Å². The maximum atomic E-state index is 5.50. The van der Waals surface area contributed by atoms with Gasteiger partial charge in [-0.15, -0.1) is 0 Å². The fourth-order valence-corrected chi connectivity index (χ4v) is 1.68. The van der Waals surface area contributed by atoms with Gasteiger partial charge in [0.25, 0.3) is 5.89 Å². The average Bonchev–Trinajstić information content (AvgIpc) is 2.88. The van der Waals surface area contributed by atoms with Gasteiger partial charge in [0.1, 0.15) is 6.61 Å². The Hall–Kier alpha value is -0.940. The van der Waals surface area contributed by atoms with Crippen molar-refractivity contribution in [1.82, 2.24) is 15.5 Å². The molecule has 1 aromatic rings. The van der Waals surface area contributed by atoms with Gasteiger partial charge in [0, 0.05) is 12.5 Å². The van der Waals surface area contributed by atoms with E-state index in [-0.39, 0.29) is 0 Å². The Morgan fingerprint density at radius 3 is 3.20 bits per heavy atom. The topological polar surface area (TPSA) is 60.2 Å². The summed E-state index contributed by atoms with van der Waals surface area (Å²) >= 11 is 0. The number of nitrogens with one attached hydrogen (secondary N) is 1. The highest BCUT2D eigenvalue weighted by Gasteiger charge is 2.14. The van der Waals surface area contributed by atoms with E-state index < -0.39 is 0 Å². The van der Waals surface area contributed by atoms with Crippen LogP contribution in [0.2, 0.25) is 0 Å². The van der Waals surface area contributed by atoms with E-state index in [4.69, 9.17) is 9.26 Å². The van der Waals surface area contributed by atoms with Gasteiger partial charge in [-0.2, -0.15) is 4.98 Å². The molecule has 0 radical (unpaired) electrons. The summed E-state index contributed by atoms with van der Waals surface area (Å²) in [4.78, 5) is 4.17. The van der Waals surface area contributed by atoms with E-state index in [0.717, 1.165) is 25.4 Å². The lowest BCUT2D eigenvalue weighted by atomic mass is 10.2. The molecule has 5 heteroatoms. The van der Waals surface area contributed by atoms with Crippen molar-refractivity contribution in [2.75, 3.05) is 13.2 Å². The number of aryl methyl sites for hydroxylation is 1. The van der Waals surface area contributed by atoms with Crippen molar-refractivity contribution in [3.8, 4) is 0 Å². The van der Waals surface area contributed by atoms with Gasteiger partial charge in [0.2, 0.25) is 0 Å². The van der Waals surface area contributed by atoms with Crippen LogP contribution in [0.5, 0.6) is 0 Å². The molecule has 2 heterocycles. The Morgan fingerprint density at radius 2 is 2.53 bits per heavy atom. The molecule has 0 amide bonds. The molecule has 0 aromatic carbocycles. The molecule has 1 aromatic heterocycles. The Labute approximate surface area is 89.2 Å². The summed E-state index contributed by atoms with van der Waals surface area (Å²) in [6.07, 6.45) is 3.24. The molecule has 1 unspecified atom stereocenters. The predicted octanol–water partition coefficient (Wildman–Crippen LogP) is 0.901. The number of hydrogen-bond acceptors (Lipinski definition) is 5. The normalized spacial score (nSPS) is 21.0. The molecule has 15 heavy (non-hydrogen) atoms. The molecule has 84 valence electrons. The van der Waals surface area contributed by atoms with Crippen molar-refractivity contribution in [1.29, 1.82) is 0 Å². The van der Waals surface area contributed by atoms with Gasteiger partial charge in [-0.3, -0.25) is 0 Å². The first-order chi connectivity index (χ1) is 7.38. The second-order valence-electron chi connectivity index (χ2n) is 3.77. The summed E-state index contributed by atoms with van der Waals surface area (Å²) in [6.45, 7) is 4.25. The predicted molar refractivity (Wildman–Crippen MR) is 54.4 cm³/mol. The molecule has 1 atom stereocenters. The van der Waals surface area contributed by atoms with Crippen LogP contribution in [0.3, 0.4) is 0 Å². The molecule has 0 saturated carbocycles. The zero-order valence-corrected chi connectivity index (χ0v) is 9.03. The quantitative estimate of drug-likeness (QED) is 0.784. The van der Waals surface area contributed by atoms with Crippen LogP contribution in [-0.4, -0.2) is 29.3 Å². The first-order valence-electron chi connectivity index (χ1n) is 5.51. The number of aromatic nitrogens is 2. The lowest BCUT2D eigenvalue weighted by Gasteiger charge is -2.08. The standard InChI is InChI=1S/C10H17N3O2/c1-2-9-12-10(15-13-9)7-14-6-8-4-3-5-11-8/h8,11H,2-7H2,1H3. The van der Waals surface area contributed by atoms with Crippen LogP contribution in [0.25, 0.3) is 0 Å². The van der Waals surface area contributed by atoms with E-state index in [1.807, 2.05) is 6.92 Å². The molecule has 1 N–H and O–H groups in total. The minimum atomic E-state index is 0.422. The Kier molecular flexibility index (Phi) is 3.69. The smallest absolute Gasteiger partial charge is 0.252 e. The fraction of sp³-hybridized carbons (Fsp3) is 0.800. The minimum absolute atomic E-state index is 0.422. The van der Waals surface area contributed by atoms with E-state index in [1.165, 1.54) is 12.8 Å². The number of nitrogens with zero attached hydrogens (tertiary/aromatic N) is 2. The highest BCUT2D eigenvalue weighted by molar-refractivity contribution is 4.83. The van der Waals surface area contributed by atoms with E-state index in [1.54, 1.807) is 0 Å². The number of rotatable bonds is 5. The van der Waals surface area contributed by atoms with E-state index in [9.17, 15) is 0 Å². The largest absolute Gasteiger partial charge is 0.370 e. The summed E-state index contributed by atoms with van der Waals surface area (Å²) in [5, 5.41) is 7.17. The van der Waals surface area contributed by atoms with Crippen LogP contribution in [0.1, 0.15) is 31.5 Å². The average molecular weight is 211 g/mol. The summed E-state index contributed by atoms with van der Waals surface area (Å²) in [7, 11) is 0. The van der Waals surface area contributed by atoms with Crippen molar-refractivity contribution < 1.29 is 9.26 Å². The molecule has 2 rings (SSSR count). The van der Waals surface area contributed by atoms with Gasteiger partial charge >= 0.3 is 0 Å². The maximum absolute atomic E-state index is 5.50. The lowest BCUT2D eigenvalue weighted by Crippen LogP contribution is -2.26. The maximum Gasteiger partial charge on any atom is 0.252 e. The SMILES string of the molecule is CCc1noc(COCC2CCCN2)n1. The van der Waals surface area contributed by atoms with Gasteiger partial charge in [0.15, 0.2) is 5.82 Å². The molecular weight excluding hydrogens is 194 g/mol. The van der Waals surface area contributed by atoms with E-state index >= 15 is 0 Å². The number of ether oxygens (including phenoxy) is 1. The summed E-state index contributed by atoms with van der Waals surface area (Å²) in [6, 6.07) is 0.499. The molecule has 0 spiro atoms. The molecule has 0 bridgehead atoms. The second kappa shape index (κ2) is 5.23. The minimum Gasteiger partial charge on any atom is -0.370 e. The van der Waals surface area contributed by atoms with Crippen LogP contribution in [0.15, 0.2) is 4.52 Å². The van der Waals surface area contributed by atoms with Crippen LogP contribution < -0.4 is 5.32 Å². The zero-order valence-electron chi connectivity index (χ0n) is 9.03. The van der Waals surface area contributed by atoms with E-state index in [2.05, 4.69) is 15.5 Å². The first kappa shape index (κ1) is 10.6. The molecule has 1 aliphatic rings. The zero-order chi connectivity index (χ0) is 10.5. The van der Waals surface area contributed by atoms with E-state index in [0.29, 0.717) is 18.5 Å². The van der Waals surface area contributed by atoms with Crippen LogP contribution in [0, 0.1) is 0 Å². The monoisotopic (exact) mass is 211 g/mol. The van der Waals surface area contributed by atoms with Crippen LogP contribution in [-0.2, 0) is 17.8 Å². The fourth-order valence-electron chi connectivity index (χ4n) is 1.68. The van der Waals surface area contributed by atoms with Crippen molar-refractivity contribution in [3.63, 3.8) is 0 Å². The second-order valence-corrected chi connectivity index (χ2v) is 3.77. The highest BCUT2D eigenvalue weighted by atomic mass is 16.5. The summed E-state index contributed by atoms with van der Waals surface area (Å²) < 4.78 is 10.5. The third-order valence-electron chi connectivity index (χ3n) is 2.53. The molecule has 0 aliphatic carbocycles. The Balaban J connectivity index is 1.68. The first-order valence-corrected chi connectivity index (χ1v) is 5.51. The third-order valence-corrected chi connectivity index (χ3v) is 2.53. The molecular formula is C10H17N3O2. The Bertz CT molecular complexity index is 295. The third kappa shape index (κ3) is 3.00. The van der Waals surface area contributed by atoms with Crippen molar-refractivity contribution >= 4 is 0 Å². The van der Waals surface area contributed by atoms with Gasteiger partial charge < -0.3 is 14.6 Å². The van der Waals surface area contributed by atoms with Gasteiger partial charge in [0.05, 0.1) is 6.61 Å². The van der Waals surface area contributed by atoms with Crippen LogP contribution >= 0.6 is 0 Å². The van der Waals surface area contributed by atoms with Gasteiger partial charge in [-0.25, -0.2) is 0 Å². The van der Waals surface area contributed by atoms with Crippen molar-refractivity contribution in [2.24, 2.45) is 0 Å². The molecule has 1 saturated heterocycles. The van der Waals surface area contributed by atoms with Gasteiger partial charge in [-0.1, -0.05) is 12.1 Å². The molecule has 5 nitrogen and oxygen atoms in total. The van der Waals surface area contributed by atoms with Gasteiger partial charge in [-0.05, 0) is 19.4 Å². The molecule has 1 aliphatic heterocycles. The van der Waals surface area contributed by atoms with Crippen LogP contribution in [0.4, 0.5) is 0 Å². The summed E-state index contributed by atoms with van der Waals surface area (Å²) in [5.74, 6) is 1.32.